The first kappa shape index (κ1) is 17.1. The van der Waals surface area contributed by atoms with Gasteiger partial charge in [-0.2, -0.15) is 0 Å². The van der Waals surface area contributed by atoms with Gasteiger partial charge in [0.1, 0.15) is 5.75 Å². The molecule has 4 rings (SSSR count). The SMILES string of the molecule is COc1ccc(CNc2nccn3c(-c4cccc(CO)c4)cnc23)cc1. The van der Waals surface area contributed by atoms with Crippen LogP contribution in [0.25, 0.3) is 16.9 Å². The van der Waals surface area contributed by atoms with Crippen LogP contribution < -0.4 is 10.1 Å². The van der Waals surface area contributed by atoms with Crippen molar-refractivity contribution in [3.05, 3.63) is 78.2 Å². The van der Waals surface area contributed by atoms with Gasteiger partial charge in [-0.25, -0.2) is 9.97 Å². The fourth-order valence-corrected chi connectivity index (χ4v) is 3.02. The number of nitrogens with one attached hydrogen (secondary N) is 1. The molecule has 0 aliphatic carbocycles. The third kappa shape index (κ3) is 3.47. The number of ether oxygens (including phenoxy) is 1. The number of rotatable bonds is 6. The molecule has 27 heavy (non-hydrogen) atoms. The van der Waals surface area contributed by atoms with Gasteiger partial charge in [-0.1, -0.05) is 30.3 Å². The number of imidazole rings is 1. The third-order valence-electron chi connectivity index (χ3n) is 4.45. The van der Waals surface area contributed by atoms with E-state index >= 15 is 0 Å². The van der Waals surface area contributed by atoms with Crippen molar-refractivity contribution >= 4 is 11.5 Å². The molecule has 0 aliphatic heterocycles. The van der Waals surface area contributed by atoms with E-state index in [0.29, 0.717) is 6.54 Å². The molecule has 0 spiro atoms. The number of anilines is 1. The van der Waals surface area contributed by atoms with Gasteiger partial charge in [0, 0.05) is 24.5 Å². The van der Waals surface area contributed by atoms with Crippen LogP contribution in [-0.2, 0) is 13.2 Å². The maximum absolute atomic E-state index is 9.38. The molecule has 0 unspecified atom stereocenters. The Bertz CT molecular complexity index is 1060. The smallest absolute Gasteiger partial charge is 0.180 e. The van der Waals surface area contributed by atoms with Crippen molar-refractivity contribution in [1.29, 1.82) is 0 Å². The Balaban J connectivity index is 1.61. The number of nitrogens with zero attached hydrogens (tertiary/aromatic N) is 3. The zero-order valence-electron chi connectivity index (χ0n) is 15.0. The van der Waals surface area contributed by atoms with Crippen molar-refractivity contribution in [2.24, 2.45) is 0 Å². The Labute approximate surface area is 157 Å². The monoisotopic (exact) mass is 360 g/mol. The highest BCUT2D eigenvalue weighted by atomic mass is 16.5. The van der Waals surface area contributed by atoms with Crippen LogP contribution in [0.5, 0.6) is 5.75 Å². The Hall–Kier alpha value is -3.38. The molecule has 2 aromatic carbocycles. The van der Waals surface area contributed by atoms with E-state index in [1.165, 1.54) is 0 Å². The summed E-state index contributed by atoms with van der Waals surface area (Å²) in [6.07, 6.45) is 5.47. The second kappa shape index (κ2) is 7.47. The molecule has 0 saturated carbocycles. The summed E-state index contributed by atoms with van der Waals surface area (Å²) in [7, 11) is 1.66. The third-order valence-corrected chi connectivity index (χ3v) is 4.45. The van der Waals surface area contributed by atoms with Gasteiger partial charge in [0.2, 0.25) is 0 Å². The maximum atomic E-state index is 9.38. The van der Waals surface area contributed by atoms with Crippen LogP contribution in [0.3, 0.4) is 0 Å². The van der Waals surface area contributed by atoms with Crippen molar-refractivity contribution in [2.45, 2.75) is 13.2 Å². The highest BCUT2D eigenvalue weighted by Crippen LogP contribution is 2.24. The first-order chi connectivity index (χ1) is 13.3. The molecule has 0 bridgehead atoms. The molecule has 0 saturated heterocycles. The topological polar surface area (TPSA) is 71.7 Å². The molecular weight excluding hydrogens is 340 g/mol. The number of methoxy groups -OCH3 is 1. The van der Waals surface area contributed by atoms with E-state index in [0.717, 1.165) is 39.6 Å². The van der Waals surface area contributed by atoms with E-state index < -0.39 is 0 Å². The number of aromatic nitrogens is 3. The molecule has 2 heterocycles. The zero-order valence-corrected chi connectivity index (χ0v) is 15.0. The van der Waals surface area contributed by atoms with Crippen LogP contribution >= 0.6 is 0 Å². The van der Waals surface area contributed by atoms with Gasteiger partial charge in [-0.3, -0.25) is 4.40 Å². The zero-order chi connectivity index (χ0) is 18.6. The lowest BCUT2D eigenvalue weighted by Gasteiger charge is -2.09. The quantitative estimate of drug-likeness (QED) is 0.551. The summed E-state index contributed by atoms with van der Waals surface area (Å²) in [4.78, 5) is 8.98. The van der Waals surface area contributed by atoms with Gasteiger partial charge in [-0.15, -0.1) is 0 Å². The van der Waals surface area contributed by atoms with Crippen molar-refractivity contribution in [3.8, 4) is 17.0 Å². The molecule has 136 valence electrons. The van der Waals surface area contributed by atoms with Crippen LogP contribution in [0.4, 0.5) is 5.82 Å². The van der Waals surface area contributed by atoms with Crippen molar-refractivity contribution in [3.63, 3.8) is 0 Å². The molecule has 4 aromatic rings. The second-order valence-corrected chi connectivity index (χ2v) is 6.17. The molecule has 0 amide bonds. The van der Waals surface area contributed by atoms with Gasteiger partial charge < -0.3 is 15.2 Å². The highest BCUT2D eigenvalue weighted by molar-refractivity contribution is 5.70. The molecule has 0 atom stereocenters. The average Bonchev–Trinajstić information content (AvgIpc) is 3.17. The summed E-state index contributed by atoms with van der Waals surface area (Å²) in [6.45, 7) is 0.652. The first-order valence-electron chi connectivity index (χ1n) is 8.67. The van der Waals surface area contributed by atoms with E-state index in [1.807, 2.05) is 65.3 Å². The van der Waals surface area contributed by atoms with Crippen molar-refractivity contribution in [2.75, 3.05) is 12.4 Å². The minimum absolute atomic E-state index is 0.0147. The largest absolute Gasteiger partial charge is 0.497 e. The number of aliphatic hydroxyl groups excluding tert-OH is 1. The van der Waals surface area contributed by atoms with Crippen LogP contribution in [0.1, 0.15) is 11.1 Å². The summed E-state index contributed by atoms with van der Waals surface area (Å²) in [5.74, 6) is 1.56. The Morgan fingerprint density at radius 2 is 1.93 bits per heavy atom. The van der Waals surface area contributed by atoms with Gasteiger partial charge in [-0.05, 0) is 29.3 Å². The number of benzene rings is 2. The Morgan fingerprint density at radius 1 is 1.07 bits per heavy atom. The van der Waals surface area contributed by atoms with E-state index in [2.05, 4.69) is 15.3 Å². The van der Waals surface area contributed by atoms with E-state index in [4.69, 9.17) is 4.74 Å². The van der Waals surface area contributed by atoms with Crippen LogP contribution in [0.15, 0.2) is 67.1 Å². The molecular formula is C21H20N4O2. The molecule has 2 aromatic heterocycles. The summed E-state index contributed by atoms with van der Waals surface area (Å²) in [6, 6.07) is 15.7. The highest BCUT2D eigenvalue weighted by Gasteiger charge is 2.10. The average molecular weight is 360 g/mol. The minimum Gasteiger partial charge on any atom is -0.497 e. The minimum atomic E-state index is 0.0147. The van der Waals surface area contributed by atoms with E-state index in [-0.39, 0.29) is 6.61 Å². The van der Waals surface area contributed by atoms with Gasteiger partial charge in [0.25, 0.3) is 0 Å². The fraction of sp³-hybridized carbons (Fsp3) is 0.143. The van der Waals surface area contributed by atoms with Gasteiger partial charge >= 0.3 is 0 Å². The summed E-state index contributed by atoms with van der Waals surface area (Å²) >= 11 is 0. The normalized spacial score (nSPS) is 10.9. The number of aliphatic hydroxyl groups is 1. The fourth-order valence-electron chi connectivity index (χ4n) is 3.02. The van der Waals surface area contributed by atoms with E-state index in [9.17, 15) is 5.11 Å². The number of hydrogen-bond acceptors (Lipinski definition) is 5. The molecule has 0 radical (unpaired) electrons. The molecule has 6 heteroatoms. The Morgan fingerprint density at radius 3 is 2.70 bits per heavy atom. The predicted octanol–water partition coefficient (Wildman–Crippen LogP) is 3.51. The molecule has 6 nitrogen and oxygen atoms in total. The standard InChI is InChI=1S/C21H20N4O2/c1-27-18-7-5-15(6-8-18)12-23-20-21-24-13-19(25(21)10-9-22-20)17-4-2-3-16(11-17)14-26/h2-11,13,26H,12,14H2,1H3,(H,22,23). The van der Waals surface area contributed by atoms with Crippen molar-refractivity contribution in [1.82, 2.24) is 14.4 Å². The number of hydrogen-bond donors (Lipinski definition) is 2. The second-order valence-electron chi connectivity index (χ2n) is 6.17. The Kier molecular flexibility index (Phi) is 4.72. The van der Waals surface area contributed by atoms with Crippen LogP contribution in [-0.4, -0.2) is 26.6 Å². The maximum Gasteiger partial charge on any atom is 0.180 e. The van der Waals surface area contributed by atoms with Crippen LogP contribution in [0.2, 0.25) is 0 Å². The molecule has 0 aliphatic rings. The lowest BCUT2D eigenvalue weighted by molar-refractivity contribution is 0.282. The van der Waals surface area contributed by atoms with Gasteiger partial charge in [0.15, 0.2) is 11.5 Å². The summed E-state index contributed by atoms with van der Waals surface area (Å²) < 4.78 is 7.19. The summed E-state index contributed by atoms with van der Waals surface area (Å²) in [5.41, 5.74) is 4.71. The summed E-state index contributed by atoms with van der Waals surface area (Å²) in [5, 5.41) is 12.7. The first-order valence-corrected chi connectivity index (χ1v) is 8.67. The van der Waals surface area contributed by atoms with Gasteiger partial charge in [0.05, 0.1) is 25.6 Å². The lowest BCUT2D eigenvalue weighted by Crippen LogP contribution is -2.04. The predicted molar refractivity (Wildman–Crippen MR) is 105 cm³/mol. The molecule has 0 fully saturated rings. The van der Waals surface area contributed by atoms with Crippen LogP contribution in [0, 0.1) is 0 Å². The molecule has 2 N–H and O–H groups in total. The van der Waals surface area contributed by atoms with Crippen molar-refractivity contribution < 1.29 is 9.84 Å². The van der Waals surface area contributed by atoms with E-state index in [1.54, 1.807) is 13.3 Å². The number of fused-ring (bicyclic) bond motifs is 1. The lowest BCUT2D eigenvalue weighted by atomic mass is 10.1.